The van der Waals surface area contributed by atoms with Crippen LogP contribution in [0, 0.1) is 13.8 Å². The van der Waals surface area contributed by atoms with Gasteiger partial charge in [-0.05, 0) is 13.8 Å². The summed E-state index contributed by atoms with van der Waals surface area (Å²) < 4.78 is 40.4. The van der Waals surface area contributed by atoms with Gasteiger partial charge < -0.3 is 5.73 Å². The van der Waals surface area contributed by atoms with Crippen LogP contribution in [-0.2, 0) is 17.8 Å². The number of nitrogens with two attached hydrogens (primary N) is 1. The number of alkyl halides is 3. The minimum atomic E-state index is -4.59. The molecule has 0 aliphatic carbocycles. The molecule has 0 unspecified atom stereocenters. The molecule has 4 nitrogen and oxygen atoms in total. The lowest BCUT2D eigenvalue weighted by atomic mass is 10.2. The Hall–Kier alpha value is -1.08. The van der Waals surface area contributed by atoms with Crippen LogP contribution >= 0.6 is 0 Å². The standard InChI is InChI=1S/C9H14F3N3O/c1-6-8(5-13)7(2)15(14-6)3-4-16-9(10,11)12/h3-5,13H2,1-2H3. The number of rotatable bonds is 4. The third-order valence-corrected chi connectivity index (χ3v) is 2.30. The highest BCUT2D eigenvalue weighted by Gasteiger charge is 2.28. The fourth-order valence-electron chi connectivity index (χ4n) is 1.49. The van der Waals surface area contributed by atoms with Crippen LogP contribution in [0.5, 0.6) is 0 Å². The normalized spacial score (nSPS) is 12.1. The summed E-state index contributed by atoms with van der Waals surface area (Å²) in [6.07, 6.45) is -4.59. The Kier molecular flexibility index (Phi) is 3.93. The van der Waals surface area contributed by atoms with E-state index in [0.717, 1.165) is 17.0 Å². The lowest BCUT2D eigenvalue weighted by Gasteiger charge is -2.08. The van der Waals surface area contributed by atoms with Crippen molar-refractivity contribution in [3.63, 3.8) is 0 Å². The van der Waals surface area contributed by atoms with Crippen molar-refractivity contribution < 1.29 is 17.9 Å². The second-order valence-corrected chi connectivity index (χ2v) is 3.37. The van der Waals surface area contributed by atoms with Crippen LogP contribution in [-0.4, -0.2) is 22.7 Å². The van der Waals surface area contributed by atoms with Crippen molar-refractivity contribution in [2.45, 2.75) is 33.3 Å². The highest BCUT2D eigenvalue weighted by atomic mass is 19.4. The highest BCUT2D eigenvalue weighted by Crippen LogP contribution is 2.17. The van der Waals surface area contributed by atoms with E-state index in [4.69, 9.17) is 5.73 Å². The van der Waals surface area contributed by atoms with Gasteiger partial charge in [0.25, 0.3) is 0 Å². The van der Waals surface area contributed by atoms with Crippen LogP contribution in [0.4, 0.5) is 13.2 Å². The van der Waals surface area contributed by atoms with Gasteiger partial charge in [-0.25, -0.2) is 0 Å². The van der Waals surface area contributed by atoms with Crippen molar-refractivity contribution >= 4 is 0 Å². The zero-order chi connectivity index (χ0) is 12.3. The van der Waals surface area contributed by atoms with Crippen LogP contribution in [0.25, 0.3) is 0 Å². The molecule has 16 heavy (non-hydrogen) atoms. The van der Waals surface area contributed by atoms with Crippen molar-refractivity contribution in [3.05, 3.63) is 17.0 Å². The van der Waals surface area contributed by atoms with Crippen LogP contribution in [0.15, 0.2) is 0 Å². The van der Waals surface area contributed by atoms with Gasteiger partial charge in [0.05, 0.1) is 18.8 Å². The molecule has 7 heteroatoms. The molecule has 0 aromatic carbocycles. The number of ether oxygens (including phenoxy) is 1. The molecule has 1 rings (SSSR count). The number of halogens is 3. The van der Waals surface area contributed by atoms with Gasteiger partial charge in [0.15, 0.2) is 0 Å². The molecule has 1 aromatic rings. The average Bonchev–Trinajstić information content (AvgIpc) is 2.40. The molecule has 0 saturated heterocycles. The molecule has 0 amide bonds. The van der Waals surface area contributed by atoms with E-state index in [1.54, 1.807) is 13.8 Å². The summed E-state index contributed by atoms with van der Waals surface area (Å²) in [4.78, 5) is 0. The van der Waals surface area contributed by atoms with Crippen LogP contribution < -0.4 is 5.73 Å². The van der Waals surface area contributed by atoms with Gasteiger partial charge in [0, 0.05) is 17.8 Å². The zero-order valence-corrected chi connectivity index (χ0v) is 9.14. The minimum Gasteiger partial charge on any atom is -0.326 e. The lowest BCUT2D eigenvalue weighted by molar-refractivity contribution is -0.325. The molecule has 0 saturated carbocycles. The minimum absolute atomic E-state index is 0.0617. The molecule has 1 heterocycles. The van der Waals surface area contributed by atoms with Gasteiger partial charge in [-0.15, -0.1) is 13.2 Å². The molecular formula is C9H14F3N3O. The first-order valence-electron chi connectivity index (χ1n) is 4.78. The van der Waals surface area contributed by atoms with Crippen LogP contribution in [0.1, 0.15) is 17.0 Å². The monoisotopic (exact) mass is 237 g/mol. The van der Waals surface area contributed by atoms with Gasteiger partial charge in [-0.3, -0.25) is 9.42 Å². The van der Waals surface area contributed by atoms with Crippen LogP contribution in [0.2, 0.25) is 0 Å². The van der Waals surface area contributed by atoms with E-state index in [9.17, 15) is 13.2 Å². The SMILES string of the molecule is Cc1nn(CCOC(F)(F)F)c(C)c1CN. The maximum absolute atomic E-state index is 11.7. The largest absolute Gasteiger partial charge is 0.522 e. The topological polar surface area (TPSA) is 53.1 Å². The van der Waals surface area contributed by atoms with Crippen molar-refractivity contribution in [1.82, 2.24) is 9.78 Å². The first kappa shape index (κ1) is 13.0. The molecule has 2 N–H and O–H groups in total. The second kappa shape index (κ2) is 4.84. The number of aromatic nitrogens is 2. The second-order valence-electron chi connectivity index (χ2n) is 3.37. The Balaban J connectivity index is 2.61. The molecule has 0 radical (unpaired) electrons. The molecule has 1 aromatic heterocycles. The highest BCUT2D eigenvalue weighted by molar-refractivity contribution is 5.23. The van der Waals surface area contributed by atoms with E-state index in [-0.39, 0.29) is 6.54 Å². The van der Waals surface area contributed by atoms with Crippen molar-refractivity contribution in [3.8, 4) is 0 Å². The van der Waals surface area contributed by atoms with Crippen LogP contribution in [0.3, 0.4) is 0 Å². The molecular weight excluding hydrogens is 223 g/mol. The predicted molar refractivity (Wildman–Crippen MR) is 51.6 cm³/mol. The van der Waals surface area contributed by atoms with E-state index >= 15 is 0 Å². The summed E-state index contributed by atoms with van der Waals surface area (Å²) in [6.45, 7) is 3.49. The van der Waals surface area contributed by atoms with E-state index in [0.29, 0.717) is 6.54 Å². The number of aryl methyl sites for hydroxylation is 1. The number of hydrogen-bond donors (Lipinski definition) is 1. The van der Waals surface area contributed by atoms with Gasteiger partial charge >= 0.3 is 6.36 Å². The molecule has 92 valence electrons. The van der Waals surface area contributed by atoms with E-state index in [1.807, 2.05) is 0 Å². The summed E-state index contributed by atoms with van der Waals surface area (Å²) in [6, 6.07) is 0. The van der Waals surface area contributed by atoms with Crippen molar-refractivity contribution in [2.75, 3.05) is 6.61 Å². The average molecular weight is 237 g/mol. The number of hydrogen-bond acceptors (Lipinski definition) is 3. The zero-order valence-electron chi connectivity index (χ0n) is 9.14. The molecule has 0 bridgehead atoms. The Bertz CT molecular complexity index is 360. The van der Waals surface area contributed by atoms with Gasteiger partial charge in [0.1, 0.15) is 0 Å². The molecule has 0 spiro atoms. The van der Waals surface area contributed by atoms with E-state index in [2.05, 4.69) is 9.84 Å². The Morgan fingerprint density at radius 2 is 2.00 bits per heavy atom. The quantitative estimate of drug-likeness (QED) is 0.863. The van der Waals surface area contributed by atoms with E-state index in [1.165, 1.54) is 4.68 Å². The van der Waals surface area contributed by atoms with Gasteiger partial charge in [-0.1, -0.05) is 0 Å². The first-order valence-corrected chi connectivity index (χ1v) is 4.78. The third kappa shape index (κ3) is 3.21. The Morgan fingerprint density at radius 3 is 2.44 bits per heavy atom. The van der Waals surface area contributed by atoms with Gasteiger partial charge in [-0.2, -0.15) is 5.10 Å². The molecule has 0 aliphatic heterocycles. The Morgan fingerprint density at radius 1 is 1.38 bits per heavy atom. The third-order valence-electron chi connectivity index (χ3n) is 2.30. The lowest BCUT2D eigenvalue weighted by Crippen LogP contribution is -2.18. The van der Waals surface area contributed by atoms with Crippen molar-refractivity contribution in [2.24, 2.45) is 5.73 Å². The fraction of sp³-hybridized carbons (Fsp3) is 0.667. The first-order chi connectivity index (χ1) is 7.35. The Labute approximate surface area is 91.2 Å². The summed E-state index contributed by atoms with van der Waals surface area (Å²) >= 11 is 0. The maximum Gasteiger partial charge on any atom is 0.522 e. The molecule has 0 atom stereocenters. The number of nitrogens with zero attached hydrogens (tertiary/aromatic N) is 2. The predicted octanol–water partition coefficient (Wildman–Crippen LogP) is 1.50. The maximum atomic E-state index is 11.7. The molecule has 0 aliphatic rings. The smallest absolute Gasteiger partial charge is 0.326 e. The van der Waals surface area contributed by atoms with Crippen molar-refractivity contribution in [1.29, 1.82) is 0 Å². The summed E-state index contributed by atoms with van der Waals surface area (Å²) in [5, 5.41) is 4.09. The summed E-state index contributed by atoms with van der Waals surface area (Å²) in [7, 11) is 0. The van der Waals surface area contributed by atoms with Gasteiger partial charge in [0.2, 0.25) is 0 Å². The summed E-state index contributed by atoms with van der Waals surface area (Å²) in [5.41, 5.74) is 7.89. The fourth-order valence-corrected chi connectivity index (χ4v) is 1.49. The molecule has 0 fully saturated rings. The summed E-state index contributed by atoms with van der Waals surface area (Å²) in [5.74, 6) is 0. The van der Waals surface area contributed by atoms with E-state index < -0.39 is 13.0 Å².